The van der Waals surface area contributed by atoms with Crippen LogP contribution in [0.4, 0.5) is 5.69 Å². The first-order valence-corrected chi connectivity index (χ1v) is 11.1. The lowest BCUT2D eigenvalue weighted by Crippen LogP contribution is -2.48. The number of rotatable bonds is 4. The van der Waals surface area contributed by atoms with Crippen LogP contribution >= 0.6 is 0 Å². The summed E-state index contributed by atoms with van der Waals surface area (Å²) in [5.41, 5.74) is 6.93. The average molecular weight is 456 g/mol. The summed E-state index contributed by atoms with van der Waals surface area (Å²) in [4.78, 5) is 42.0. The highest BCUT2D eigenvalue weighted by molar-refractivity contribution is 6.25. The Labute approximate surface area is 197 Å². The summed E-state index contributed by atoms with van der Waals surface area (Å²) in [6.07, 6.45) is 0. The molecule has 2 fully saturated rings. The number of carbonyl (C=O) groups excluding carboxylic acids is 3. The van der Waals surface area contributed by atoms with Crippen molar-refractivity contribution in [1.82, 2.24) is 10.4 Å². The molecule has 2 aliphatic heterocycles. The topological polar surface area (TPSA) is 79.0 Å². The number of aryl methyl sites for hydroxylation is 2. The van der Waals surface area contributed by atoms with E-state index in [0.29, 0.717) is 17.0 Å². The standard InChI is InChI=1S/C27H25N3O4/c1-16-7-11-18(12-8-16)25(31)30-24-22(23(28-30)19-5-4-6-21(15-19)34-3)26(32)29(27(24)33)20-13-9-17(2)10-14-20/h4-15,22-24,28H,1-3H3. The zero-order chi connectivity index (χ0) is 24.0. The highest BCUT2D eigenvalue weighted by Crippen LogP contribution is 2.42. The molecule has 172 valence electrons. The van der Waals surface area contributed by atoms with Gasteiger partial charge in [-0.3, -0.25) is 19.4 Å². The number of hydrogen-bond donors (Lipinski definition) is 1. The number of ether oxygens (including phenoxy) is 1. The van der Waals surface area contributed by atoms with E-state index in [-0.39, 0.29) is 11.8 Å². The van der Waals surface area contributed by atoms with Gasteiger partial charge in [0.25, 0.3) is 11.8 Å². The quantitative estimate of drug-likeness (QED) is 0.609. The van der Waals surface area contributed by atoms with Gasteiger partial charge < -0.3 is 4.74 Å². The SMILES string of the molecule is COc1cccc(C2NN(C(=O)c3ccc(C)cc3)C3C(=O)N(c4ccc(C)cc4)C(=O)C23)c1. The van der Waals surface area contributed by atoms with Gasteiger partial charge in [-0.05, 0) is 55.8 Å². The highest BCUT2D eigenvalue weighted by Gasteiger charge is 2.60. The molecule has 7 heteroatoms. The molecule has 3 unspecified atom stereocenters. The number of methoxy groups -OCH3 is 1. The molecule has 0 bridgehead atoms. The van der Waals surface area contributed by atoms with Crippen molar-refractivity contribution in [3.8, 4) is 5.75 Å². The number of nitrogens with zero attached hydrogens (tertiary/aromatic N) is 2. The number of hydrazine groups is 1. The van der Waals surface area contributed by atoms with Crippen molar-refractivity contribution >= 4 is 23.4 Å². The molecule has 0 saturated carbocycles. The molecule has 0 aromatic heterocycles. The molecule has 0 spiro atoms. The summed E-state index contributed by atoms with van der Waals surface area (Å²) in [6.45, 7) is 3.88. The van der Waals surface area contributed by atoms with Crippen LogP contribution in [0.15, 0.2) is 72.8 Å². The number of amides is 3. The van der Waals surface area contributed by atoms with Gasteiger partial charge in [0.15, 0.2) is 0 Å². The number of carbonyl (C=O) groups is 3. The van der Waals surface area contributed by atoms with Gasteiger partial charge in [-0.25, -0.2) is 10.3 Å². The fourth-order valence-electron chi connectivity index (χ4n) is 4.67. The minimum Gasteiger partial charge on any atom is -0.497 e. The minimum absolute atomic E-state index is 0.335. The van der Waals surface area contributed by atoms with Gasteiger partial charge in [0.05, 0.1) is 24.8 Å². The number of fused-ring (bicyclic) bond motifs is 1. The number of hydrogen-bond acceptors (Lipinski definition) is 5. The number of anilines is 1. The lowest BCUT2D eigenvalue weighted by molar-refractivity contribution is -0.123. The van der Waals surface area contributed by atoms with Gasteiger partial charge in [0, 0.05) is 5.56 Å². The van der Waals surface area contributed by atoms with E-state index in [0.717, 1.165) is 16.7 Å². The lowest BCUT2D eigenvalue weighted by Gasteiger charge is -2.25. The van der Waals surface area contributed by atoms with Crippen LogP contribution in [0.25, 0.3) is 0 Å². The molecular formula is C27H25N3O4. The number of benzene rings is 3. The lowest BCUT2D eigenvalue weighted by atomic mass is 9.90. The van der Waals surface area contributed by atoms with E-state index in [1.807, 2.05) is 62.4 Å². The predicted octanol–water partition coefficient (Wildman–Crippen LogP) is 3.57. The molecule has 2 aliphatic rings. The molecule has 0 aliphatic carbocycles. The van der Waals surface area contributed by atoms with Crippen molar-refractivity contribution in [2.45, 2.75) is 25.9 Å². The molecule has 5 rings (SSSR count). The maximum atomic E-state index is 13.7. The van der Waals surface area contributed by atoms with Crippen LogP contribution in [0.3, 0.4) is 0 Å². The van der Waals surface area contributed by atoms with E-state index >= 15 is 0 Å². The maximum absolute atomic E-state index is 13.7. The summed E-state index contributed by atoms with van der Waals surface area (Å²) in [6, 6.07) is 20.2. The second-order valence-electron chi connectivity index (χ2n) is 8.74. The van der Waals surface area contributed by atoms with Gasteiger partial charge >= 0.3 is 0 Å². The van der Waals surface area contributed by atoms with Gasteiger partial charge in [-0.15, -0.1) is 0 Å². The number of imide groups is 1. The minimum atomic E-state index is -0.959. The van der Waals surface area contributed by atoms with Crippen molar-refractivity contribution in [2.24, 2.45) is 5.92 Å². The van der Waals surface area contributed by atoms with Crippen LogP contribution in [-0.2, 0) is 9.59 Å². The first-order chi connectivity index (χ1) is 16.4. The molecule has 0 radical (unpaired) electrons. The first kappa shape index (κ1) is 21.9. The van der Waals surface area contributed by atoms with Crippen molar-refractivity contribution in [3.63, 3.8) is 0 Å². The van der Waals surface area contributed by atoms with E-state index < -0.39 is 23.9 Å². The van der Waals surface area contributed by atoms with E-state index in [1.54, 1.807) is 31.4 Å². The smallest absolute Gasteiger partial charge is 0.268 e. The van der Waals surface area contributed by atoms with Crippen molar-refractivity contribution < 1.29 is 19.1 Å². The second kappa shape index (κ2) is 8.43. The fourth-order valence-corrected chi connectivity index (χ4v) is 4.67. The largest absolute Gasteiger partial charge is 0.497 e. The van der Waals surface area contributed by atoms with Crippen LogP contribution in [0.1, 0.15) is 33.1 Å². The van der Waals surface area contributed by atoms with Crippen LogP contribution in [0.2, 0.25) is 0 Å². The Hall–Kier alpha value is -3.97. The number of nitrogens with one attached hydrogen (secondary N) is 1. The summed E-state index contributed by atoms with van der Waals surface area (Å²) in [5.74, 6) is -1.25. The van der Waals surface area contributed by atoms with Gasteiger partial charge in [0.1, 0.15) is 11.8 Å². The predicted molar refractivity (Wildman–Crippen MR) is 127 cm³/mol. The van der Waals surface area contributed by atoms with E-state index in [2.05, 4.69) is 5.43 Å². The Bertz CT molecular complexity index is 1270. The van der Waals surface area contributed by atoms with E-state index in [4.69, 9.17) is 4.74 Å². The normalized spacial score (nSPS) is 21.7. The molecule has 3 aromatic rings. The Kier molecular flexibility index (Phi) is 5.42. The molecule has 1 N–H and O–H groups in total. The molecule has 2 heterocycles. The molecular weight excluding hydrogens is 430 g/mol. The Balaban J connectivity index is 1.58. The molecule has 34 heavy (non-hydrogen) atoms. The summed E-state index contributed by atoms with van der Waals surface area (Å²) < 4.78 is 5.36. The molecule has 7 nitrogen and oxygen atoms in total. The Morgan fingerprint density at radius 2 is 1.53 bits per heavy atom. The third-order valence-electron chi connectivity index (χ3n) is 6.50. The third kappa shape index (κ3) is 3.54. The summed E-state index contributed by atoms with van der Waals surface area (Å²) in [5, 5.41) is 1.33. The molecule has 3 amide bonds. The van der Waals surface area contributed by atoms with Crippen LogP contribution < -0.4 is 15.1 Å². The van der Waals surface area contributed by atoms with Crippen molar-refractivity contribution in [3.05, 3.63) is 95.1 Å². The average Bonchev–Trinajstić information content (AvgIpc) is 3.36. The fraction of sp³-hybridized carbons (Fsp3) is 0.222. The first-order valence-electron chi connectivity index (χ1n) is 11.1. The van der Waals surface area contributed by atoms with E-state index in [9.17, 15) is 14.4 Å². The Morgan fingerprint density at radius 3 is 2.18 bits per heavy atom. The zero-order valence-electron chi connectivity index (χ0n) is 19.2. The van der Waals surface area contributed by atoms with Gasteiger partial charge in [-0.2, -0.15) is 0 Å². The second-order valence-corrected chi connectivity index (χ2v) is 8.74. The van der Waals surface area contributed by atoms with Gasteiger partial charge in [0.2, 0.25) is 5.91 Å². The van der Waals surface area contributed by atoms with Crippen LogP contribution in [-0.4, -0.2) is 35.9 Å². The van der Waals surface area contributed by atoms with Crippen LogP contribution in [0.5, 0.6) is 5.75 Å². The monoisotopic (exact) mass is 455 g/mol. The van der Waals surface area contributed by atoms with Crippen molar-refractivity contribution in [1.29, 1.82) is 0 Å². The third-order valence-corrected chi connectivity index (χ3v) is 6.50. The molecule has 3 aromatic carbocycles. The summed E-state index contributed by atoms with van der Waals surface area (Å²) in [7, 11) is 1.57. The van der Waals surface area contributed by atoms with Gasteiger partial charge in [-0.1, -0.05) is 47.5 Å². The van der Waals surface area contributed by atoms with E-state index in [1.165, 1.54) is 9.91 Å². The molecule has 2 saturated heterocycles. The maximum Gasteiger partial charge on any atom is 0.268 e. The highest BCUT2D eigenvalue weighted by atomic mass is 16.5. The van der Waals surface area contributed by atoms with Crippen molar-refractivity contribution in [2.75, 3.05) is 12.0 Å². The summed E-state index contributed by atoms with van der Waals surface area (Å²) >= 11 is 0. The van der Waals surface area contributed by atoms with Crippen LogP contribution in [0, 0.1) is 19.8 Å². The Morgan fingerprint density at radius 1 is 0.882 bits per heavy atom. The molecule has 3 atom stereocenters. The zero-order valence-corrected chi connectivity index (χ0v) is 19.2.